The van der Waals surface area contributed by atoms with Crippen LogP contribution in [0, 0.1) is 5.92 Å². The maximum absolute atomic E-state index is 10.6. The summed E-state index contributed by atoms with van der Waals surface area (Å²) in [6, 6.07) is 0. The number of hydrogen-bond donors (Lipinski definition) is 3. The molecule has 0 amide bonds. The molecular formula is C9H12O5. The van der Waals surface area contributed by atoms with Crippen LogP contribution in [0.3, 0.4) is 0 Å². The van der Waals surface area contributed by atoms with Crippen LogP contribution in [0.1, 0.15) is 6.42 Å². The topological polar surface area (TPSA) is 94.8 Å². The number of aliphatic hydroxyl groups excluding tert-OH is 1. The van der Waals surface area contributed by atoms with E-state index in [9.17, 15) is 9.59 Å². The molecule has 0 saturated carbocycles. The van der Waals surface area contributed by atoms with Crippen LogP contribution in [0.5, 0.6) is 0 Å². The summed E-state index contributed by atoms with van der Waals surface area (Å²) in [7, 11) is 0. The molecule has 78 valence electrons. The molecule has 0 radical (unpaired) electrons. The van der Waals surface area contributed by atoms with Crippen molar-refractivity contribution >= 4 is 11.9 Å². The fourth-order valence-corrected chi connectivity index (χ4v) is 0.839. The second kappa shape index (κ2) is 5.93. The van der Waals surface area contributed by atoms with Crippen LogP contribution in [-0.2, 0) is 9.59 Å². The second-order valence-electron chi connectivity index (χ2n) is 2.57. The van der Waals surface area contributed by atoms with Crippen molar-refractivity contribution in [1.82, 2.24) is 0 Å². The molecular weight excluding hydrogens is 188 g/mol. The first-order valence-corrected chi connectivity index (χ1v) is 3.93. The minimum Gasteiger partial charge on any atom is -0.481 e. The van der Waals surface area contributed by atoms with Crippen LogP contribution in [0.25, 0.3) is 0 Å². The number of carboxylic acids is 2. The summed E-state index contributed by atoms with van der Waals surface area (Å²) >= 11 is 0. The maximum atomic E-state index is 10.6. The molecule has 0 aliphatic rings. The summed E-state index contributed by atoms with van der Waals surface area (Å²) in [6.45, 7) is 2.94. The molecule has 0 spiro atoms. The quantitative estimate of drug-likeness (QED) is 0.422. The monoisotopic (exact) mass is 200 g/mol. The number of aliphatic carboxylic acids is 2. The highest BCUT2D eigenvalue weighted by molar-refractivity contribution is 5.88. The van der Waals surface area contributed by atoms with Crippen LogP contribution in [-0.4, -0.2) is 33.9 Å². The second-order valence-corrected chi connectivity index (χ2v) is 2.57. The molecule has 0 aliphatic carbocycles. The highest BCUT2D eigenvalue weighted by Crippen LogP contribution is 2.09. The third-order valence-electron chi connectivity index (χ3n) is 1.58. The Morgan fingerprint density at radius 3 is 2.21 bits per heavy atom. The number of rotatable bonds is 6. The van der Waals surface area contributed by atoms with Crippen LogP contribution in [0.4, 0.5) is 0 Å². The zero-order valence-corrected chi connectivity index (χ0v) is 7.51. The minimum absolute atomic E-state index is 0.0764. The van der Waals surface area contributed by atoms with Crippen molar-refractivity contribution in [2.75, 3.05) is 6.61 Å². The van der Waals surface area contributed by atoms with Crippen molar-refractivity contribution in [2.24, 2.45) is 5.92 Å². The van der Waals surface area contributed by atoms with Gasteiger partial charge in [-0.05, 0) is 0 Å². The Kier molecular flexibility index (Phi) is 5.24. The Morgan fingerprint density at radius 1 is 1.36 bits per heavy atom. The fourth-order valence-electron chi connectivity index (χ4n) is 0.839. The first kappa shape index (κ1) is 12.4. The molecule has 0 rings (SSSR count). The molecule has 0 bridgehead atoms. The minimum atomic E-state index is -1.23. The van der Waals surface area contributed by atoms with Gasteiger partial charge in [-0.1, -0.05) is 12.2 Å². The molecule has 1 atom stereocenters. The molecule has 0 aromatic rings. The fraction of sp³-hybridized carbons (Fsp3) is 0.333. The average Bonchev–Trinajstić information content (AvgIpc) is 2.11. The lowest BCUT2D eigenvalue weighted by Gasteiger charge is -2.03. The van der Waals surface area contributed by atoms with Crippen molar-refractivity contribution in [3.05, 3.63) is 24.3 Å². The summed E-state index contributed by atoms with van der Waals surface area (Å²) in [5.74, 6) is -3.43. The molecule has 3 N–H and O–H groups in total. The smallest absolute Gasteiger partial charge is 0.331 e. The van der Waals surface area contributed by atoms with Gasteiger partial charge in [0.15, 0.2) is 0 Å². The van der Waals surface area contributed by atoms with Gasteiger partial charge in [0.05, 0.1) is 5.92 Å². The van der Waals surface area contributed by atoms with E-state index in [4.69, 9.17) is 15.3 Å². The van der Waals surface area contributed by atoms with E-state index in [2.05, 4.69) is 6.58 Å². The predicted molar refractivity (Wildman–Crippen MR) is 48.7 cm³/mol. The van der Waals surface area contributed by atoms with E-state index in [0.717, 1.165) is 12.2 Å². The maximum Gasteiger partial charge on any atom is 0.331 e. The van der Waals surface area contributed by atoms with Crippen LogP contribution >= 0.6 is 0 Å². The molecule has 0 aromatic heterocycles. The first-order chi connectivity index (χ1) is 6.52. The highest BCUT2D eigenvalue weighted by atomic mass is 16.4. The van der Waals surface area contributed by atoms with Gasteiger partial charge in [0.2, 0.25) is 0 Å². The van der Waals surface area contributed by atoms with Crippen LogP contribution < -0.4 is 0 Å². The lowest BCUT2D eigenvalue weighted by atomic mass is 10.0. The first-order valence-electron chi connectivity index (χ1n) is 3.93. The summed E-state index contributed by atoms with van der Waals surface area (Å²) in [5, 5.41) is 25.8. The van der Waals surface area contributed by atoms with Crippen LogP contribution in [0.2, 0.25) is 0 Å². The number of carboxylic acid groups (broad SMARTS) is 2. The molecule has 0 fully saturated rings. The number of aliphatic hydroxyl groups is 1. The standard InChI is InChI=1S/C9H12O5/c1-2-6(8(11)12)5-7(3-4-10)9(13)14/h2,5-6,10H,1,3-4H2,(H,11,12)(H,13,14). The van der Waals surface area contributed by atoms with Crippen molar-refractivity contribution in [3.8, 4) is 0 Å². The molecule has 0 aromatic carbocycles. The Hall–Kier alpha value is -1.62. The highest BCUT2D eigenvalue weighted by Gasteiger charge is 2.14. The van der Waals surface area contributed by atoms with Crippen molar-refractivity contribution in [2.45, 2.75) is 6.42 Å². The Labute approximate surface area is 81.0 Å². The number of hydrogen-bond acceptors (Lipinski definition) is 3. The Balaban J connectivity index is 4.76. The van der Waals surface area contributed by atoms with Gasteiger partial charge in [-0.15, -0.1) is 6.58 Å². The Morgan fingerprint density at radius 2 is 1.93 bits per heavy atom. The van der Waals surface area contributed by atoms with Gasteiger partial charge < -0.3 is 15.3 Å². The molecule has 0 aliphatic heterocycles. The van der Waals surface area contributed by atoms with E-state index in [-0.39, 0.29) is 18.6 Å². The van der Waals surface area contributed by atoms with E-state index in [1.807, 2.05) is 0 Å². The van der Waals surface area contributed by atoms with Gasteiger partial charge in [0.1, 0.15) is 0 Å². The van der Waals surface area contributed by atoms with Gasteiger partial charge in [0.25, 0.3) is 0 Å². The van der Waals surface area contributed by atoms with E-state index in [1.165, 1.54) is 0 Å². The van der Waals surface area contributed by atoms with E-state index < -0.39 is 17.9 Å². The van der Waals surface area contributed by atoms with E-state index in [0.29, 0.717) is 0 Å². The van der Waals surface area contributed by atoms with Crippen molar-refractivity contribution < 1.29 is 24.9 Å². The van der Waals surface area contributed by atoms with E-state index in [1.54, 1.807) is 0 Å². The third-order valence-corrected chi connectivity index (χ3v) is 1.58. The normalized spacial score (nSPS) is 13.4. The molecule has 5 nitrogen and oxygen atoms in total. The van der Waals surface area contributed by atoms with Gasteiger partial charge >= 0.3 is 11.9 Å². The molecule has 1 unspecified atom stereocenters. The zero-order chi connectivity index (χ0) is 11.1. The zero-order valence-electron chi connectivity index (χ0n) is 7.51. The third kappa shape index (κ3) is 3.86. The summed E-state index contributed by atoms with van der Waals surface area (Å²) in [5.41, 5.74) is -0.125. The molecule has 14 heavy (non-hydrogen) atoms. The SMILES string of the molecule is C=CC(C=C(CCO)C(=O)O)C(=O)O. The summed E-state index contributed by atoms with van der Waals surface area (Å²) in [4.78, 5) is 21.1. The summed E-state index contributed by atoms with van der Waals surface area (Å²) < 4.78 is 0. The Bertz CT molecular complexity index is 266. The van der Waals surface area contributed by atoms with Gasteiger partial charge in [-0.2, -0.15) is 0 Å². The number of carbonyl (C=O) groups is 2. The molecule has 0 saturated heterocycles. The largest absolute Gasteiger partial charge is 0.481 e. The molecule has 5 heteroatoms. The van der Waals surface area contributed by atoms with Gasteiger partial charge in [-0.25, -0.2) is 4.79 Å². The summed E-state index contributed by atoms with van der Waals surface area (Å²) in [6.07, 6.45) is 2.11. The van der Waals surface area contributed by atoms with Crippen LogP contribution in [0.15, 0.2) is 24.3 Å². The average molecular weight is 200 g/mol. The van der Waals surface area contributed by atoms with Crippen molar-refractivity contribution in [1.29, 1.82) is 0 Å². The lowest BCUT2D eigenvalue weighted by Crippen LogP contribution is -2.12. The van der Waals surface area contributed by atoms with Gasteiger partial charge in [-0.3, -0.25) is 4.79 Å². The van der Waals surface area contributed by atoms with E-state index >= 15 is 0 Å². The molecule has 0 heterocycles. The lowest BCUT2D eigenvalue weighted by molar-refractivity contribution is -0.138. The predicted octanol–water partition coefficient (Wildman–Crippen LogP) is 0.267. The van der Waals surface area contributed by atoms with Gasteiger partial charge in [0, 0.05) is 18.6 Å². The van der Waals surface area contributed by atoms with Crippen molar-refractivity contribution in [3.63, 3.8) is 0 Å².